The summed E-state index contributed by atoms with van der Waals surface area (Å²) in [7, 11) is 0. The van der Waals surface area contributed by atoms with Gasteiger partial charge in [-0.15, -0.1) is 0 Å². The van der Waals surface area contributed by atoms with Gasteiger partial charge in [-0.2, -0.15) is 0 Å². The Kier molecular flexibility index (Phi) is 6.44. The zero-order chi connectivity index (χ0) is 36.7. The number of hydrogen-bond acceptors (Lipinski definition) is 6. The average Bonchev–Trinajstić information content (AvgIpc) is 3.73. The van der Waals surface area contributed by atoms with E-state index < -0.39 is 46.6 Å². The molecule has 1 saturated heterocycles. The van der Waals surface area contributed by atoms with Crippen LogP contribution in [0.4, 0.5) is 0 Å². The molecular formula is C43H53NO7. The van der Waals surface area contributed by atoms with Crippen LogP contribution in [0.1, 0.15) is 139 Å². The maximum atomic E-state index is 14.9. The second-order valence-electron chi connectivity index (χ2n) is 19.1. The van der Waals surface area contributed by atoms with Crippen LogP contribution < -0.4 is 0 Å². The largest absolute Gasteiger partial charge is 0.478 e. The van der Waals surface area contributed by atoms with Crippen molar-refractivity contribution in [3.63, 3.8) is 0 Å². The summed E-state index contributed by atoms with van der Waals surface area (Å²) in [5, 5.41) is 35.1. The number of carbonyl (C=O) groups is 2. The van der Waals surface area contributed by atoms with E-state index in [-0.39, 0.29) is 34.0 Å². The quantitative estimate of drug-likeness (QED) is 0.222. The van der Waals surface area contributed by atoms with Crippen molar-refractivity contribution in [3.05, 3.63) is 63.9 Å². The number of allylic oxidation sites excluding steroid dienone is 1. The third-order valence-electron chi connectivity index (χ3n) is 15.6. The number of rotatable bonds is 3. The van der Waals surface area contributed by atoms with Crippen molar-refractivity contribution < 1.29 is 34.4 Å². The van der Waals surface area contributed by atoms with E-state index in [1.165, 1.54) is 11.3 Å². The number of benzene rings is 1. The molecule has 51 heavy (non-hydrogen) atoms. The van der Waals surface area contributed by atoms with E-state index in [4.69, 9.17) is 9.47 Å². The number of ether oxygens (including phenoxy) is 2. The minimum Gasteiger partial charge on any atom is -0.478 e. The summed E-state index contributed by atoms with van der Waals surface area (Å²) in [4.78, 5) is 26.6. The Balaban J connectivity index is 1.25. The topological polar surface area (TPSA) is 118 Å². The van der Waals surface area contributed by atoms with Crippen molar-refractivity contribution >= 4 is 28.2 Å². The van der Waals surface area contributed by atoms with E-state index in [2.05, 4.69) is 57.9 Å². The number of aliphatic hydroxyl groups excluding tert-OH is 1. The van der Waals surface area contributed by atoms with Crippen molar-refractivity contribution in [1.29, 1.82) is 0 Å². The third-order valence-corrected chi connectivity index (χ3v) is 15.6. The molecule has 4 heterocycles. The monoisotopic (exact) mass is 695 g/mol. The molecule has 3 N–H and O–H groups in total. The van der Waals surface area contributed by atoms with Gasteiger partial charge in [0.05, 0.1) is 34.5 Å². The lowest BCUT2D eigenvalue weighted by atomic mass is 9.40. The zero-order valence-corrected chi connectivity index (χ0v) is 31.6. The Bertz CT molecular complexity index is 2080. The van der Waals surface area contributed by atoms with Gasteiger partial charge in [-0.05, 0) is 126 Å². The Labute approximate surface area is 300 Å². The molecule has 1 aromatic heterocycles. The Hall–Kier alpha value is -3.04. The summed E-state index contributed by atoms with van der Waals surface area (Å²) in [5.74, 6) is -2.13. The zero-order valence-electron chi connectivity index (χ0n) is 31.6. The number of carbonyl (C=O) groups excluding carboxylic acids is 1. The molecule has 0 unspecified atom stereocenters. The first kappa shape index (κ1) is 33.8. The van der Waals surface area contributed by atoms with Gasteiger partial charge in [0.25, 0.3) is 0 Å². The van der Waals surface area contributed by atoms with Crippen molar-refractivity contribution in [1.82, 2.24) is 4.57 Å². The summed E-state index contributed by atoms with van der Waals surface area (Å²) < 4.78 is 15.3. The van der Waals surface area contributed by atoms with Crippen LogP contribution in [-0.2, 0) is 26.1 Å². The van der Waals surface area contributed by atoms with Crippen LogP contribution in [0.25, 0.3) is 16.5 Å². The number of carboxylic acids is 1. The molecule has 0 amide bonds. The molecular weight excluding hydrogens is 642 g/mol. The highest BCUT2D eigenvalue weighted by Crippen LogP contribution is 2.74. The number of nitrogens with zero attached hydrogens (tertiary/aromatic N) is 1. The van der Waals surface area contributed by atoms with Crippen molar-refractivity contribution in [2.45, 2.75) is 141 Å². The fraction of sp³-hybridized carbons (Fsp3) is 0.628. The number of fused-ring (bicyclic) bond motifs is 13. The summed E-state index contributed by atoms with van der Waals surface area (Å²) >= 11 is 0. The first-order chi connectivity index (χ1) is 23.6. The predicted molar refractivity (Wildman–Crippen MR) is 194 cm³/mol. The molecule has 7 aliphatic rings. The van der Waals surface area contributed by atoms with Crippen LogP contribution in [0.3, 0.4) is 0 Å². The highest BCUT2D eigenvalue weighted by molar-refractivity contribution is 6.18. The summed E-state index contributed by atoms with van der Waals surface area (Å²) in [5.41, 5.74) is 5.65. The molecule has 1 aromatic carbocycles. The highest BCUT2D eigenvalue weighted by atomic mass is 16.6. The van der Waals surface area contributed by atoms with Gasteiger partial charge in [-0.3, -0.25) is 4.79 Å². The molecule has 10 atom stereocenters. The molecule has 3 aliphatic heterocycles. The van der Waals surface area contributed by atoms with Gasteiger partial charge in [0, 0.05) is 45.4 Å². The second kappa shape index (κ2) is 9.73. The van der Waals surface area contributed by atoms with Gasteiger partial charge in [0.15, 0.2) is 11.6 Å². The number of aliphatic hydroxyl groups is 2. The molecule has 0 spiro atoms. The third kappa shape index (κ3) is 3.80. The number of carboxylic acid groups (broad SMARTS) is 1. The Morgan fingerprint density at radius 2 is 1.76 bits per heavy atom. The molecule has 2 aromatic rings. The molecule has 9 rings (SSSR count). The fourth-order valence-corrected chi connectivity index (χ4v) is 13.6. The van der Waals surface area contributed by atoms with Crippen LogP contribution in [0.2, 0.25) is 0 Å². The smallest absolute Gasteiger partial charge is 0.331 e. The summed E-state index contributed by atoms with van der Waals surface area (Å²) in [6.07, 6.45) is 7.10. The Morgan fingerprint density at radius 1 is 1.06 bits per heavy atom. The van der Waals surface area contributed by atoms with Crippen molar-refractivity contribution in [2.24, 2.45) is 28.6 Å². The van der Waals surface area contributed by atoms with Crippen LogP contribution in [0.15, 0.2) is 35.9 Å². The van der Waals surface area contributed by atoms with Crippen LogP contribution >= 0.6 is 0 Å². The predicted octanol–water partition coefficient (Wildman–Crippen LogP) is 7.74. The maximum absolute atomic E-state index is 14.9. The standard InChI is InChI=1S/C43H53NO7/c1-20(2)32-35(46)30-29-24(27-19-38(4,5)51-39(6,7)31(27)34(29)45)17-25-26-16-22-11-12-28-40(8,42(22,10)36(26)44(32)33(25)30)13-14-43(49)41(28,9)18-23(50-43)15-21(3)37(47)48/h15,17,19,22-23,28,31-32,34,45,49H,1,11-14,16,18H2,2-10H3,(H,47,48)/b21-15+/t22-,23+,28+,31+,32-,34+,40-,41-,42+,43-/m0/s1. The lowest BCUT2D eigenvalue weighted by molar-refractivity contribution is -0.294. The number of aromatic nitrogens is 1. The second-order valence-corrected chi connectivity index (χ2v) is 19.1. The number of ketones is 1. The van der Waals surface area contributed by atoms with Gasteiger partial charge >= 0.3 is 5.97 Å². The first-order valence-electron chi connectivity index (χ1n) is 19.0. The summed E-state index contributed by atoms with van der Waals surface area (Å²) in [6, 6.07) is 1.74. The van der Waals surface area contributed by atoms with E-state index in [0.717, 1.165) is 58.9 Å². The SMILES string of the molecule is C=C(C)[C@H]1C(=O)c2c3c(cc4c5c(n1c24)[C@@]1(C)[C@@H](CC[C@@H]2[C@]1(C)CC[C@]1(O)O[C@H](/C=C(\C)C(=O)O)C[C@@]21C)C5)C1=CC(C)(C)OC(C)(C)[C@H]1[C@@H]3O. The lowest BCUT2D eigenvalue weighted by Gasteiger charge is -2.65. The molecule has 8 heteroatoms. The molecule has 3 fully saturated rings. The Morgan fingerprint density at radius 3 is 2.43 bits per heavy atom. The highest BCUT2D eigenvalue weighted by Gasteiger charge is 2.73. The van der Waals surface area contributed by atoms with Gasteiger partial charge in [0.1, 0.15) is 6.04 Å². The minimum absolute atomic E-state index is 0.0144. The lowest BCUT2D eigenvalue weighted by Crippen LogP contribution is -2.65. The number of hydrogen-bond donors (Lipinski definition) is 3. The van der Waals surface area contributed by atoms with E-state index in [1.54, 1.807) is 13.0 Å². The molecule has 4 aliphatic carbocycles. The van der Waals surface area contributed by atoms with E-state index in [0.29, 0.717) is 24.3 Å². The molecule has 8 nitrogen and oxygen atoms in total. The van der Waals surface area contributed by atoms with E-state index in [9.17, 15) is 24.9 Å². The van der Waals surface area contributed by atoms with Gasteiger partial charge in [-0.25, -0.2) is 4.79 Å². The van der Waals surface area contributed by atoms with Crippen LogP contribution in [0, 0.1) is 28.6 Å². The van der Waals surface area contributed by atoms with Gasteiger partial charge in [-0.1, -0.05) is 32.9 Å². The van der Waals surface area contributed by atoms with E-state index >= 15 is 0 Å². The average molecular weight is 696 g/mol. The minimum atomic E-state index is -1.35. The number of Topliss-reactive ketones (excluding diaryl/α,β-unsaturated/α-hetero) is 1. The van der Waals surface area contributed by atoms with Crippen molar-refractivity contribution in [3.8, 4) is 0 Å². The number of aliphatic carboxylic acids is 1. The maximum Gasteiger partial charge on any atom is 0.331 e. The first-order valence-corrected chi connectivity index (χ1v) is 19.0. The van der Waals surface area contributed by atoms with Crippen LogP contribution in [0.5, 0.6) is 0 Å². The molecule has 0 radical (unpaired) electrons. The fourth-order valence-electron chi connectivity index (χ4n) is 13.6. The van der Waals surface area contributed by atoms with Gasteiger partial charge in [0.2, 0.25) is 0 Å². The molecule has 272 valence electrons. The summed E-state index contributed by atoms with van der Waals surface area (Å²) in [6.45, 7) is 23.2. The normalized spacial score (nSPS) is 42.5. The van der Waals surface area contributed by atoms with E-state index in [1.807, 2.05) is 20.8 Å². The molecule has 0 bridgehead atoms. The van der Waals surface area contributed by atoms with Crippen molar-refractivity contribution in [2.75, 3.05) is 0 Å². The van der Waals surface area contributed by atoms with Gasteiger partial charge < -0.3 is 29.4 Å². The van der Waals surface area contributed by atoms with Crippen LogP contribution in [-0.4, -0.2) is 54.7 Å². The molecule has 2 saturated carbocycles.